The highest BCUT2D eigenvalue weighted by Crippen LogP contribution is 2.19. The van der Waals surface area contributed by atoms with Gasteiger partial charge in [-0.05, 0) is 45.1 Å². The Bertz CT molecular complexity index is 604. The second kappa shape index (κ2) is 13.2. The third kappa shape index (κ3) is 8.03. The molecule has 1 aliphatic heterocycles. The van der Waals surface area contributed by atoms with Crippen LogP contribution in [0.5, 0.6) is 0 Å². The highest BCUT2D eigenvalue weighted by Gasteiger charge is 2.33. The van der Waals surface area contributed by atoms with Gasteiger partial charge in [0.2, 0.25) is 5.91 Å². The fourth-order valence-corrected chi connectivity index (χ4v) is 3.41. The molecule has 1 aromatic rings. The molecule has 29 heavy (non-hydrogen) atoms. The molecule has 1 aliphatic rings. The van der Waals surface area contributed by atoms with Crippen LogP contribution in [0.1, 0.15) is 51.5 Å². The van der Waals surface area contributed by atoms with Gasteiger partial charge in [0.15, 0.2) is 6.29 Å². The number of hydrogen-bond donors (Lipinski definition) is 1. The lowest BCUT2D eigenvalue weighted by Gasteiger charge is -2.33. The molecule has 7 nitrogen and oxygen atoms in total. The van der Waals surface area contributed by atoms with Crippen LogP contribution in [0.15, 0.2) is 30.3 Å². The van der Waals surface area contributed by atoms with E-state index in [1.54, 1.807) is 4.90 Å². The Hall–Kier alpha value is -2.12. The van der Waals surface area contributed by atoms with Crippen molar-refractivity contribution in [2.75, 3.05) is 26.3 Å². The minimum atomic E-state index is -0.471. The monoisotopic (exact) mass is 406 g/mol. The molecule has 0 spiro atoms. The third-order valence-corrected chi connectivity index (χ3v) is 4.87. The zero-order chi connectivity index (χ0) is 20.9. The fraction of sp³-hybridized carbons (Fsp3) is 0.636. The molecule has 0 unspecified atom stereocenters. The van der Waals surface area contributed by atoms with Crippen molar-refractivity contribution >= 4 is 12.0 Å². The lowest BCUT2D eigenvalue weighted by molar-refractivity contribution is -0.140. The smallest absolute Gasteiger partial charge is 0.410 e. The van der Waals surface area contributed by atoms with Gasteiger partial charge in [-0.2, -0.15) is 0 Å². The lowest BCUT2D eigenvalue weighted by atomic mass is 10.0. The van der Waals surface area contributed by atoms with Gasteiger partial charge in [0.25, 0.3) is 0 Å². The van der Waals surface area contributed by atoms with Gasteiger partial charge in [0, 0.05) is 32.7 Å². The van der Waals surface area contributed by atoms with E-state index in [9.17, 15) is 9.59 Å². The Morgan fingerprint density at radius 2 is 1.86 bits per heavy atom. The minimum absolute atomic E-state index is 0.120. The maximum atomic E-state index is 12.7. The summed E-state index contributed by atoms with van der Waals surface area (Å²) in [5.41, 5.74) is 0.928. The first-order valence-corrected chi connectivity index (χ1v) is 10.6. The molecular formula is C22H34N2O5. The van der Waals surface area contributed by atoms with Crippen LogP contribution in [-0.2, 0) is 25.6 Å². The molecule has 0 radical (unpaired) electrons. The predicted molar refractivity (Wildman–Crippen MR) is 110 cm³/mol. The number of carbonyl (C=O) groups is 2. The molecule has 7 heteroatoms. The van der Waals surface area contributed by atoms with E-state index in [1.807, 2.05) is 44.2 Å². The summed E-state index contributed by atoms with van der Waals surface area (Å²) in [5, 5.41) is 2.95. The largest absolute Gasteiger partial charge is 0.445 e. The quantitative estimate of drug-likeness (QED) is 0.450. The summed E-state index contributed by atoms with van der Waals surface area (Å²) in [6.07, 6.45) is 3.28. The van der Waals surface area contributed by atoms with Crippen LogP contribution in [0.3, 0.4) is 0 Å². The molecule has 1 heterocycles. The first-order chi connectivity index (χ1) is 14.2. The Kier molecular flexibility index (Phi) is 10.5. The molecule has 162 valence electrons. The summed E-state index contributed by atoms with van der Waals surface area (Å²) in [7, 11) is 0. The van der Waals surface area contributed by atoms with Gasteiger partial charge in [0.1, 0.15) is 12.6 Å². The Labute approximate surface area is 173 Å². The standard InChI is InChI=1S/C22H34N2O5/c1-3-27-20(28-4-2)14-10-15-23-21(25)19-13-8-9-16-24(19)22(26)29-17-18-11-6-5-7-12-18/h5-7,11-12,19-20H,3-4,8-10,13-17H2,1-2H3,(H,23,25)/t19-/m0/s1. The second-order valence-corrected chi connectivity index (χ2v) is 7.02. The summed E-state index contributed by atoms with van der Waals surface area (Å²) in [5.74, 6) is -0.120. The molecule has 1 saturated heterocycles. The Morgan fingerprint density at radius 1 is 1.14 bits per heavy atom. The number of carbonyl (C=O) groups excluding carboxylic acids is 2. The second-order valence-electron chi connectivity index (χ2n) is 7.02. The van der Waals surface area contributed by atoms with E-state index in [0.717, 1.165) is 31.2 Å². The summed E-state index contributed by atoms with van der Waals surface area (Å²) >= 11 is 0. The van der Waals surface area contributed by atoms with Crippen molar-refractivity contribution < 1.29 is 23.8 Å². The Balaban J connectivity index is 1.78. The molecule has 1 fully saturated rings. The molecule has 2 rings (SSSR count). The maximum absolute atomic E-state index is 12.7. The van der Waals surface area contributed by atoms with Crippen LogP contribution in [0.25, 0.3) is 0 Å². The highest BCUT2D eigenvalue weighted by atomic mass is 16.7. The van der Waals surface area contributed by atoms with Crippen LogP contribution >= 0.6 is 0 Å². The molecule has 1 N–H and O–H groups in total. The van der Waals surface area contributed by atoms with Crippen molar-refractivity contribution in [3.05, 3.63) is 35.9 Å². The minimum Gasteiger partial charge on any atom is -0.445 e. The molecule has 0 aromatic heterocycles. The maximum Gasteiger partial charge on any atom is 0.410 e. The van der Waals surface area contributed by atoms with Gasteiger partial charge < -0.3 is 19.5 Å². The van der Waals surface area contributed by atoms with E-state index in [2.05, 4.69) is 5.32 Å². The number of ether oxygens (including phenoxy) is 3. The van der Waals surface area contributed by atoms with Gasteiger partial charge in [-0.15, -0.1) is 0 Å². The molecule has 1 aromatic carbocycles. The van der Waals surface area contributed by atoms with Gasteiger partial charge in [-0.3, -0.25) is 9.69 Å². The van der Waals surface area contributed by atoms with Crippen LogP contribution < -0.4 is 5.32 Å². The fourth-order valence-electron chi connectivity index (χ4n) is 3.41. The lowest BCUT2D eigenvalue weighted by Crippen LogP contribution is -2.52. The zero-order valence-electron chi connectivity index (χ0n) is 17.6. The number of hydrogen-bond acceptors (Lipinski definition) is 5. The SMILES string of the molecule is CCOC(CCCNC(=O)[C@@H]1CCCCN1C(=O)OCc1ccccc1)OCC. The average Bonchev–Trinajstić information content (AvgIpc) is 2.76. The van der Waals surface area contributed by atoms with Crippen molar-refractivity contribution in [3.63, 3.8) is 0 Å². The van der Waals surface area contributed by atoms with Gasteiger partial charge in [-0.1, -0.05) is 30.3 Å². The first kappa shape index (κ1) is 23.2. The topological polar surface area (TPSA) is 77.1 Å². The molecule has 0 bridgehead atoms. The first-order valence-electron chi connectivity index (χ1n) is 10.6. The number of rotatable bonds is 11. The predicted octanol–water partition coefficient (Wildman–Crippen LogP) is 3.47. The summed E-state index contributed by atoms with van der Waals surface area (Å²) in [4.78, 5) is 26.8. The number of nitrogens with one attached hydrogen (secondary N) is 1. The Morgan fingerprint density at radius 3 is 2.55 bits per heavy atom. The van der Waals surface area contributed by atoms with Crippen LogP contribution in [-0.4, -0.2) is 55.5 Å². The van der Waals surface area contributed by atoms with Crippen molar-refractivity contribution in [2.24, 2.45) is 0 Å². The number of likely N-dealkylation sites (tertiary alicyclic amines) is 1. The zero-order valence-corrected chi connectivity index (χ0v) is 17.6. The van der Waals surface area contributed by atoms with Gasteiger partial charge in [-0.25, -0.2) is 4.79 Å². The van der Waals surface area contributed by atoms with Crippen LogP contribution in [0.2, 0.25) is 0 Å². The highest BCUT2D eigenvalue weighted by molar-refractivity contribution is 5.85. The van der Waals surface area contributed by atoms with Crippen molar-refractivity contribution in [1.82, 2.24) is 10.2 Å². The molecule has 0 saturated carbocycles. The van der Waals surface area contributed by atoms with Crippen molar-refractivity contribution in [2.45, 2.75) is 64.9 Å². The van der Waals surface area contributed by atoms with E-state index in [0.29, 0.717) is 32.7 Å². The summed E-state index contributed by atoms with van der Waals surface area (Å²) in [6.45, 7) is 6.34. The average molecular weight is 407 g/mol. The molecule has 1 atom stereocenters. The summed E-state index contributed by atoms with van der Waals surface area (Å²) in [6, 6.07) is 9.07. The van der Waals surface area contributed by atoms with Crippen molar-refractivity contribution in [1.29, 1.82) is 0 Å². The van der Waals surface area contributed by atoms with E-state index >= 15 is 0 Å². The normalized spacial score (nSPS) is 16.7. The molecule has 2 amide bonds. The van der Waals surface area contributed by atoms with Crippen molar-refractivity contribution in [3.8, 4) is 0 Å². The van der Waals surface area contributed by atoms with E-state index in [-0.39, 0.29) is 18.8 Å². The summed E-state index contributed by atoms with van der Waals surface area (Å²) < 4.78 is 16.5. The van der Waals surface area contributed by atoms with Gasteiger partial charge in [0.05, 0.1) is 0 Å². The number of benzene rings is 1. The van der Waals surface area contributed by atoms with Crippen LogP contribution in [0.4, 0.5) is 4.79 Å². The molecule has 0 aliphatic carbocycles. The molecular weight excluding hydrogens is 372 g/mol. The van der Waals surface area contributed by atoms with E-state index < -0.39 is 12.1 Å². The number of nitrogens with zero attached hydrogens (tertiary/aromatic N) is 1. The number of piperidine rings is 1. The van der Waals surface area contributed by atoms with Gasteiger partial charge >= 0.3 is 6.09 Å². The van der Waals surface area contributed by atoms with E-state index in [4.69, 9.17) is 14.2 Å². The van der Waals surface area contributed by atoms with E-state index in [1.165, 1.54) is 0 Å². The number of amides is 2. The van der Waals surface area contributed by atoms with Crippen LogP contribution in [0, 0.1) is 0 Å². The third-order valence-electron chi connectivity index (χ3n) is 4.87.